The minimum absolute atomic E-state index is 0.366. The molecule has 0 radical (unpaired) electrons. The largest absolute Gasteiger partial charge is 0.298 e. The predicted octanol–water partition coefficient (Wildman–Crippen LogP) is 2.78. The van der Waals surface area contributed by atoms with Gasteiger partial charge in [-0.15, -0.1) is 0 Å². The number of hydrogen-bond donors (Lipinski definition) is 0. The molecule has 0 bridgehead atoms. The number of hydrogen-bond acceptors (Lipinski definition) is 1. The summed E-state index contributed by atoms with van der Waals surface area (Å²) < 4.78 is 0. The van der Waals surface area contributed by atoms with Gasteiger partial charge >= 0.3 is 0 Å². The maximum atomic E-state index is 11.2. The zero-order valence-electron chi connectivity index (χ0n) is 6.98. The fourth-order valence-electron chi connectivity index (χ4n) is 1.69. The molecule has 1 fully saturated rings. The van der Waals surface area contributed by atoms with E-state index in [-0.39, 0.29) is 0 Å². The van der Waals surface area contributed by atoms with Crippen molar-refractivity contribution >= 4 is 21.7 Å². The van der Waals surface area contributed by atoms with E-state index in [1.165, 1.54) is 12.8 Å². The van der Waals surface area contributed by atoms with Gasteiger partial charge < -0.3 is 0 Å². The second-order valence-electron chi connectivity index (χ2n) is 3.56. The Morgan fingerprint density at radius 2 is 1.91 bits per heavy atom. The van der Waals surface area contributed by atoms with Crippen LogP contribution < -0.4 is 0 Å². The van der Waals surface area contributed by atoms with Crippen molar-refractivity contribution in [1.82, 2.24) is 0 Å². The minimum Gasteiger partial charge on any atom is -0.298 e. The van der Waals surface area contributed by atoms with Gasteiger partial charge in [0, 0.05) is 5.92 Å². The second-order valence-corrected chi connectivity index (χ2v) is 4.12. The Bertz CT molecular complexity index is 136. The lowest BCUT2D eigenvalue weighted by Gasteiger charge is -2.24. The lowest BCUT2D eigenvalue weighted by Crippen LogP contribution is -2.21. The molecule has 1 saturated carbocycles. The van der Waals surface area contributed by atoms with Gasteiger partial charge in [0.15, 0.2) is 0 Å². The molecule has 2 heteroatoms. The monoisotopic (exact) mass is 218 g/mol. The highest BCUT2D eigenvalue weighted by Crippen LogP contribution is 2.28. The molecule has 1 aliphatic rings. The number of rotatable bonds is 2. The number of carbonyl (C=O) groups is 1. The van der Waals surface area contributed by atoms with E-state index in [4.69, 9.17) is 0 Å². The van der Waals surface area contributed by atoms with E-state index in [1.807, 2.05) is 0 Å². The Kier molecular flexibility index (Phi) is 3.57. The fraction of sp³-hybridized carbons (Fsp3) is 0.889. The van der Waals surface area contributed by atoms with Crippen LogP contribution in [-0.4, -0.2) is 11.1 Å². The number of Topliss-reactive ketones (excluding diaryl/α,β-unsaturated/α-hetero) is 1. The minimum atomic E-state index is 0.366. The van der Waals surface area contributed by atoms with Gasteiger partial charge in [-0.25, -0.2) is 0 Å². The third kappa shape index (κ3) is 2.58. The highest BCUT2D eigenvalue weighted by atomic mass is 79.9. The molecular weight excluding hydrogens is 204 g/mol. The Hall–Kier alpha value is 0.150. The van der Waals surface area contributed by atoms with E-state index in [0.29, 0.717) is 17.0 Å². The molecule has 1 rings (SSSR count). The van der Waals surface area contributed by atoms with Crippen LogP contribution in [0.25, 0.3) is 0 Å². The summed E-state index contributed by atoms with van der Waals surface area (Å²) in [6.07, 6.45) is 4.71. The lowest BCUT2D eigenvalue weighted by molar-refractivity contribution is -0.121. The molecular formula is C9H15BrO. The van der Waals surface area contributed by atoms with E-state index in [9.17, 15) is 4.79 Å². The van der Waals surface area contributed by atoms with E-state index < -0.39 is 0 Å². The summed E-state index contributed by atoms with van der Waals surface area (Å²) in [4.78, 5) is 11.2. The third-order valence-electron chi connectivity index (χ3n) is 2.60. The SMILES string of the molecule is C[C@H]1CC[C@H](C(=O)CBr)CC1. The van der Waals surface area contributed by atoms with Crippen molar-refractivity contribution in [2.75, 3.05) is 5.33 Å². The van der Waals surface area contributed by atoms with Gasteiger partial charge in [-0.1, -0.05) is 35.7 Å². The molecule has 0 N–H and O–H groups in total. The smallest absolute Gasteiger partial charge is 0.146 e. The van der Waals surface area contributed by atoms with Crippen molar-refractivity contribution in [3.8, 4) is 0 Å². The lowest BCUT2D eigenvalue weighted by atomic mass is 9.81. The molecule has 0 aromatic rings. The number of ketones is 1. The van der Waals surface area contributed by atoms with Crippen LogP contribution in [0.3, 0.4) is 0 Å². The van der Waals surface area contributed by atoms with Gasteiger partial charge in [-0.3, -0.25) is 4.79 Å². The van der Waals surface area contributed by atoms with Crippen molar-refractivity contribution in [1.29, 1.82) is 0 Å². The van der Waals surface area contributed by atoms with Crippen LogP contribution in [0.5, 0.6) is 0 Å². The zero-order valence-corrected chi connectivity index (χ0v) is 8.56. The van der Waals surface area contributed by atoms with Crippen LogP contribution in [-0.2, 0) is 4.79 Å². The van der Waals surface area contributed by atoms with Crippen LogP contribution in [0, 0.1) is 11.8 Å². The van der Waals surface area contributed by atoms with Gasteiger partial charge in [0.1, 0.15) is 5.78 Å². The third-order valence-corrected chi connectivity index (χ3v) is 3.16. The predicted molar refractivity (Wildman–Crippen MR) is 49.9 cm³/mol. The van der Waals surface area contributed by atoms with Gasteiger partial charge in [-0.05, 0) is 18.8 Å². The molecule has 0 aliphatic heterocycles. The Balaban J connectivity index is 2.33. The topological polar surface area (TPSA) is 17.1 Å². The summed E-state index contributed by atoms with van der Waals surface area (Å²) in [5.74, 6) is 1.61. The van der Waals surface area contributed by atoms with Crippen molar-refractivity contribution in [3.63, 3.8) is 0 Å². The molecule has 0 aromatic heterocycles. The van der Waals surface area contributed by atoms with E-state index >= 15 is 0 Å². The normalized spacial score (nSPS) is 31.8. The molecule has 0 spiro atoms. The van der Waals surface area contributed by atoms with Crippen molar-refractivity contribution in [2.45, 2.75) is 32.6 Å². The summed E-state index contributed by atoms with van der Waals surface area (Å²) >= 11 is 3.22. The molecule has 1 aliphatic carbocycles. The Morgan fingerprint density at radius 3 is 2.36 bits per heavy atom. The summed E-state index contributed by atoms with van der Waals surface area (Å²) in [6.45, 7) is 2.27. The van der Waals surface area contributed by atoms with Crippen molar-refractivity contribution in [2.24, 2.45) is 11.8 Å². The van der Waals surface area contributed by atoms with Crippen molar-refractivity contribution in [3.05, 3.63) is 0 Å². The first kappa shape index (κ1) is 9.24. The molecule has 64 valence electrons. The summed E-state index contributed by atoms with van der Waals surface area (Å²) in [5, 5.41) is 0.548. The first-order valence-electron chi connectivity index (χ1n) is 4.32. The quantitative estimate of drug-likeness (QED) is 0.652. The molecule has 1 nitrogen and oxygen atoms in total. The van der Waals surface area contributed by atoms with Crippen molar-refractivity contribution < 1.29 is 4.79 Å². The number of halogens is 1. The maximum Gasteiger partial charge on any atom is 0.146 e. The van der Waals surface area contributed by atoms with E-state index in [0.717, 1.165) is 18.8 Å². The molecule has 11 heavy (non-hydrogen) atoms. The van der Waals surface area contributed by atoms with Crippen LogP contribution >= 0.6 is 15.9 Å². The molecule has 0 amide bonds. The van der Waals surface area contributed by atoms with E-state index in [2.05, 4.69) is 22.9 Å². The standard InChI is InChI=1S/C9H15BrO/c1-7-2-4-8(5-3-7)9(11)6-10/h7-8H,2-6H2,1H3/t7-,8-. The fourth-order valence-corrected chi connectivity index (χ4v) is 2.15. The van der Waals surface area contributed by atoms with Gasteiger partial charge in [0.25, 0.3) is 0 Å². The van der Waals surface area contributed by atoms with E-state index in [1.54, 1.807) is 0 Å². The number of alkyl halides is 1. The maximum absolute atomic E-state index is 11.2. The summed E-state index contributed by atoms with van der Waals surface area (Å²) in [6, 6.07) is 0. The van der Waals surface area contributed by atoms with Crippen LogP contribution in [0.15, 0.2) is 0 Å². The van der Waals surface area contributed by atoms with Crippen LogP contribution in [0.1, 0.15) is 32.6 Å². The highest BCUT2D eigenvalue weighted by Gasteiger charge is 2.22. The Morgan fingerprint density at radius 1 is 1.36 bits per heavy atom. The zero-order chi connectivity index (χ0) is 8.27. The average Bonchev–Trinajstić information content (AvgIpc) is 2.05. The van der Waals surface area contributed by atoms with Gasteiger partial charge in [0.2, 0.25) is 0 Å². The van der Waals surface area contributed by atoms with Crippen LogP contribution in [0.4, 0.5) is 0 Å². The Labute approximate surface area is 76.7 Å². The average molecular weight is 219 g/mol. The highest BCUT2D eigenvalue weighted by molar-refractivity contribution is 9.09. The molecule has 0 atom stereocenters. The molecule has 0 unspecified atom stereocenters. The molecule has 0 saturated heterocycles. The van der Waals surface area contributed by atoms with Gasteiger partial charge in [-0.2, -0.15) is 0 Å². The molecule has 0 aromatic carbocycles. The van der Waals surface area contributed by atoms with Gasteiger partial charge in [0.05, 0.1) is 5.33 Å². The van der Waals surface area contributed by atoms with Crippen LogP contribution in [0.2, 0.25) is 0 Å². The first-order valence-corrected chi connectivity index (χ1v) is 5.45. The molecule has 0 heterocycles. The summed E-state index contributed by atoms with van der Waals surface area (Å²) in [7, 11) is 0. The summed E-state index contributed by atoms with van der Waals surface area (Å²) in [5.41, 5.74) is 0. The second kappa shape index (κ2) is 4.24. The number of carbonyl (C=O) groups excluding carboxylic acids is 1. The first-order chi connectivity index (χ1) is 5.24.